The first-order valence-electron chi connectivity index (χ1n) is 4.82. The molecule has 1 aromatic rings. The van der Waals surface area contributed by atoms with Gasteiger partial charge in [0, 0.05) is 14.0 Å². The van der Waals surface area contributed by atoms with Crippen LogP contribution in [0.25, 0.3) is 0 Å². The number of aromatic carboxylic acids is 1. The minimum atomic E-state index is -1.06. The van der Waals surface area contributed by atoms with E-state index in [1.807, 2.05) is 0 Å². The summed E-state index contributed by atoms with van der Waals surface area (Å²) in [6, 6.07) is 0. The van der Waals surface area contributed by atoms with Crippen LogP contribution in [0.15, 0.2) is 0 Å². The lowest BCUT2D eigenvalue weighted by Gasteiger charge is -1.94. The maximum absolute atomic E-state index is 11.0. The van der Waals surface area contributed by atoms with Crippen molar-refractivity contribution < 1.29 is 14.7 Å². The van der Waals surface area contributed by atoms with E-state index in [0.717, 1.165) is 11.8 Å². The summed E-state index contributed by atoms with van der Waals surface area (Å²) in [4.78, 5) is 21.7. The number of hydrogen-bond donors (Lipinski definition) is 1. The molecule has 0 aliphatic rings. The van der Waals surface area contributed by atoms with Gasteiger partial charge in [0.15, 0.2) is 10.8 Å². The molecule has 6 heteroatoms. The Morgan fingerprint density at radius 2 is 2.18 bits per heavy atom. The Labute approximate surface area is 103 Å². The number of carboxylic acid groups (broad SMARTS) is 1. The second kappa shape index (κ2) is 5.55. The normalized spacial score (nSPS) is 9.59. The van der Waals surface area contributed by atoms with Gasteiger partial charge in [-0.2, -0.15) is 5.10 Å². The van der Waals surface area contributed by atoms with Gasteiger partial charge in [0.2, 0.25) is 0 Å². The van der Waals surface area contributed by atoms with Gasteiger partial charge in [-0.25, -0.2) is 4.79 Å². The average Bonchev–Trinajstić information content (AvgIpc) is 2.48. The van der Waals surface area contributed by atoms with Crippen molar-refractivity contribution in [2.75, 3.05) is 5.75 Å². The molecule has 0 bridgehead atoms. The highest BCUT2D eigenvalue weighted by Gasteiger charge is 2.17. The molecule has 0 saturated carbocycles. The number of carboxylic acids is 1. The first kappa shape index (κ1) is 13.3. The molecule has 0 aliphatic carbocycles. The number of thioether (sulfide) groups is 1. The fourth-order valence-electron chi connectivity index (χ4n) is 1.32. The molecular formula is C11H12N2O3S. The van der Waals surface area contributed by atoms with Gasteiger partial charge in [0.05, 0.1) is 17.0 Å². The van der Waals surface area contributed by atoms with E-state index in [1.165, 1.54) is 11.6 Å². The highest BCUT2D eigenvalue weighted by Crippen LogP contribution is 2.11. The van der Waals surface area contributed by atoms with Gasteiger partial charge in [0.1, 0.15) is 0 Å². The zero-order valence-electron chi connectivity index (χ0n) is 9.77. The summed E-state index contributed by atoms with van der Waals surface area (Å²) in [7, 11) is 1.56. The maximum Gasteiger partial charge on any atom is 0.355 e. The summed E-state index contributed by atoms with van der Waals surface area (Å²) >= 11 is 1.09. The summed E-state index contributed by atoms with van der Waals surface area (Å²) in [6.07, 6.45) is 0. The van der Waals surface area contributed by atoms with Crippen molar-refractivity contribution in [1.82, 2.24) is 9.78 Å². The predicted molar refractivity (Wildman–Crippen MR) is 64.9 cm³/mol. The summed E-state index contributed by atoms with van der Waals surface area (Å²) in [6.45, 7) is 3.17. The van der Waals surface area contributed by atoms with E-state index in [1.54, 1.807) is 14.0 Å². The largest absolute Gasteiger partial charge is 0.476 e. The molecule has 0 spiro atoms. The van der Waals surface area contributed by atoms with Crippen molar-refractivity contribution in [1.29, 1.82) is 0 Å². The fraction of sp³-hybridized carbons (Fsp3) is 0.364. The number of rotatable bonds is 2. The van der Waals surface area contributed by atoms with Crippen molar-refractivity contribution in [3.8, 4) is 11.8 Å². The Morgan fingerprint density at radius 1 is 1.53 bits per heavy atom. The Bertz CT molecular complexity index is 523. The van der Waals surface area contributed by atoms with Crippen molar-refractivity contribution >= 4 is 22.8 Å². The predicted octanol–water partition coefficient (Wildman–Crippen LogP) is 1.06. The SMILES string of the molecule is CC(=O)SCC#Cc1c(C)nn(C)c1C(=O)O. The minimum Gasteiger partial charge on any atom is -0.476 e. The number of carbonyl (C=O) groups is 2. The van der Waals surface area contributed by atoms with E-state index in [2.05, 4.69) is 16.9 Å². The molecule has 1 heterocycles. The number of nitrogens with zero attached hydrogens (tertiary/aromatic N) is 2. The highest BCUT2D eigenvalue weighted by atomic mass is 32.2. The molecule has 1 rings (SSSR count). The first-order valence-corrected chi connectivity index (χ1v) is 5.81. The van der Waals surface area contributed by atoms with Crippen molar-refractivity contribution in [2.24, 2.45) is 7.05 Å². The Hall–Kier alpha value is -1.74. The van der Waals surface area contributed by atoms with Crippen LogP contribution >= 0.6 is 11.8 Å². The van der Waals surface area contributed by atoms with Gasteiger partial charge in [-0.3, -0.25) is 9.48 Å². The molecular weight excluding hydrogens is 240 g/mol. The zero-order valence-corrected chi connectivity index (χ0v) is 10.6. The van der Waals surface area contributed by atoms with Gasteiger partial charge in [0.25, 0.3) is 0 Å². The molecule has 0 radical (unpaired) electrons. The summed E-state index contributed by atoms with van der Waals surface area (Å²) < 4.78 is 1.29. The molecule has 1 aromatic heterocycles. The Morgan fingerprint density at radius 3 is 2.71 bits per heavy atom. The summed E-state index contributed by atoms with van der Waals surface area (Å²) in [5.41, 5.74) is 1.05. The number of aromatic nitrogens is 2. The molecule has 0 amide bonds. The lowest BCUT2D eigenvalue weighted by atomic mass is 10.2. The number of aryl methyl sites for hydroxylation is 2. The van der Waals surface area contributed by atoms with E-state index in [9.17, 15) is 9.59 Å². The van der Waals surface area contributed by atoms with Gasteiger partial charge in [-0.15, -0.1) is 0 Å². The molecule has 90 valence electrons. The van der Waals surface area contributed by atoms with Crippen LogP contribution in [0.4, 0.5) is 0 Å². The summed E-state index contributed by atoms with van der Waals surface area (Å²) in [5, 5.41) is 13.0. The Balaban J connectivity index is 2.97. The third-order valence-electron chi connectivity index (χ3n) is 1.99. The van der Waals surface area contributed by atoms with Gasteiger partial charge < -0.3 is 5.11 Å². The second-order valence-corrected chi connectivity index (χ2v) is 4.47. The molecule has 0 saturated heterocycles. The van der Waals surface area contributed by atoms with Crippen LogP contribution in [0.5, 0.6) is 0 Å². The molecule has 0 aliphatic heterocycles. The molecule has 5 nitrogen and oxygen atoms in total. The van der Waals surface area contributed by atoms with Gasteiger partial charge in [-0.1, -0.05) is 23.6 Å². The quantitative estimate of drug-likeness (QED) is 0.797. The number of hydrogen-bond acceptors (Lipinski definition) is 4. The first-order chi connectivity index (χ1) is 7.93. The fourth-order valence-corrected chi connectivity index (χ4v) is 1.66. The average molecular weight is 252 g/mol. The molecule has 0 atom stereocenters. The van der Waals surface area contributed by atoms with E-state index in [-0.39, 0.29) is 10.8 Å². The van der Waals surface area contributed by atoms with Crippen LogP contribution in [0.2, 0.25) is 0 Å². The Kier molecular flexibility index (Phi) is 4.35. The summed E-state index contributed by atoms with van der Waals surface area (Å²) in [5.74, 6) is 4.80. The van der Waals surface area contributed by atoms with E-state index >= 15 is 0 Å². The lowest BCUT2D eigenvalue weighted by molar-refractivity contribution is -0.109. The zero-order chi connectivity index (χ0) is 13.0. The van der Waals surface area contributed by atoms with Crippen LogP contribution in [-0.4, -0.2) is 31.7 Å². The van der Waals surface area contributed by atoms with Crippen molar-refractivity contribution in [2.45, 2.75) is 13.8 Å². The standard InChI is InChI=1S/C11H12N2O3S/c1-7-9(5-4-6-17-8(2)14)10(11(15)16)13(3)12-7/h6H2,1-3H3,(H,15,16). The van der Waals surface area contributed by atoms with E-state index in [4.69, 9.17) is 5.11 Å². The lowest BCUT2D eigenvalue weighted by Crippen LogP contribution is -2.07. The van der Waals surface area contributed by atoms with Crippen LogP contribution in [0, 0.1) is 18.8 Å². The van der Waals surface area contributed by atoms with Gasteiger partial charge in [-0.05, 0) is 6.92 Å². The van der Waals surface area contributed by atoms with Crippen molar-refractivity contribution in [3.63, 3.8) is 0 Å². The van der Waals surface area contributed by atoms with E-state index in [0.29, 0.717) is 17.0 Å². The smallest absolute Gasteiger partial charge is 0.355 e. The maximum atomic E-state index is 11.0. The molecule has 17 heavy (non-hydrogen) atoms. The van der Waals surface area contributed by atoms with Crippen LogP contribution < -0.4 is 0 Å². The number of carbonyl (C=O) groups excluding carboxylic acids is 1. The molecule has 0 aromatic carbocycles. The van der Waals surface area contributed by atoms with Crippen LogP contribution in [-0.2, 0) is 11.8 Å². The van der Waals surface area contributed by atoms with Gasteiger partial charge >= 0.3 is 5.97 Å². The third kappa shape index (κ3) is 3.36. The highest BCUT2D eigenvalue weighted by molar-refractivity contribution is 8.13. The van der Waals surface area contributed by atoms with Crippen LogP contribution in [0.1, 0.15) is 28.7 Å². The third-order valence-corrected chi connectivity index (χ3v) is 2.68. The van der Waals surface area contributed by atoms with E-state index < -0.39 is 5.97 Å². The topological polar surface area (TPSA) is 72.2 Å². The molecule has 0 unspecified atom stereocenters. The second-order valence-electron chi connectivity index (χ2n) is 3.32. The van der Waals surface area contributed by atoms with Crippen LogP contribution in [0.3, 0.4) is 0 Å². The minimum absolute atomic E-state index is 0.0133. The van der Waals surface area contributed by atoms with Crippen molar-refractivity contribution in [3.05, 3.63) is 17.0 Å². The molecule has 0 fully saturated rings. The molecule has 1 N–H and O–H groups in total. The monoisotopic (exact) mass is 252 g/mol.